The van der Waals surface area contributed by atoms with E-state index in [-0.39, 0.29) is 48.8 Å². The van der Waals surface area contributed by atoms with E-state index in [0.29, 0.717) is 22.9 Å². The monoisotopic (exact) mass is 786 g/mol. The number of aromatic nitrogens is 3. The van der Waals surface area contributed by atoms with E-state index in [4.69, 9.17) is 37.1 Å². The standard InChI is InChI=1S/C26H29Cl2N3O3.C11H17N3O4.C2H6/c1-3-15(2)23(31-26(33)34-14-16-7-5-4-6-8-16)25(32)29-18-9-10-22-19(13-18)20-11-17(27)12-21(28)24(20)30-22;1-4-7(3)8(12-6-15)9-13-14-10(18-9)11(16)17-5-2;1-2/h4-8,11-12,15,18,23,30H,3,9-10,13-14H2,1-2H3,(H,29,32)(H,31,33);6-8H,4-5H2,1-3H3,(H,12,15);1-2H3/t15?,18?,23-;7?,8-;/m00./s1. The van der Waals surface area contributed by atoms with E-state index < -0.39 is 24.1 Å². The van der Waals surface area contributed by atoms with E-state index >= 15 is 0 Å². The van der Waals surface area contributed by atoms with Crippen molar-refractivity contribution >= 4 is 58.5 Å². The number of nitrogens with zero attached hydrogens (tertiary/aromatic N) is 2. The van der Waals surface area contributed by atoms with Gasteiger partial charge in [0, 0.05) is 22.1 Å². The summed E-state index contributed by atoms with van der Waals surface area (Å²) < 4.78 is 15.3. The third-order valence-corrected chi connectivity index (χ3v) is 9.68. The Labute approximate surface area is 326 Å². The van der Waals surface area contributed by atoms with Crippen molar-refractivity contribution in [3.05, 3.63) is 81.1 Å². The quantitative estimate of drug-likeness (QED) is 0.0731. The fourth-order valence-electron chi connectivity index (χ4n) is 5.87. The lowest BCUT2D eigenvalue weighted by Crippen LogP contribution is -2.53. The number of aromatic amines is 1. The molecule has 1 aliphatic carbocycles. The third-order valence-electron chi connectivity index (χ3n) is 9.16. The average Bonchev–Trinajstić information content (AvgIpc) is 3.82. The Morgan fingerprint density at radius 2 is 1.72 bits per heavy atom. The van der Waals surface area contributed by atoms with E-state index in [0.717, 1.165) is 53.4 Å². The van der Waals surface area contributed by atoms with Crippen LogP contribution >= 0.6 is 23.2 Å². The van der Waals surface area contributed by atoms with Crippen LogP contribution in [0, 0.1) is 11.8 Å². The highest BCUT2D eigenvalue weighted by Crippen LogP contribution is 2.35. The Hall–Kier alpha value is -4.62. The predicted molar refractivity (Wildman–Crippen MR) is 208 cm³/mol. The van der Waals surface area contributed by atoms with Gasteiger partial charge in [0.15, 0.2) is 0 Å². The van der Waals surface area contributed by atoms with Gasteiger partial charge in [-0.25, -0.2) is 9.59 Å². The summed E-state index contributed by atoms with van der Waals surface area (Å²) in [6.07, 6.45) is 3.80. The van der Waals surface area contributed by atoms with Gasteiger partial charge in [0.1, 0.15) is 18.7 Å². The van der Waals surface area contributed by atoms with Crippen molar-refractivity contribution in [1.29, 1.82) is 0 Å². The first-order chi connectivity index (χ1) is 26.0. The number of ether oxygens (including phenoxy) is 2. The van der Waals surface area contributed by atoms with Crippen molar-refractivity contribution in [2.24, 2.45) is 11.8 Å². The maximum atomic E-state index is 13.2. The largest absolute Gasteiger partial charge is 0.459 e. The summed E-state index contributed by atoms with van der Waals surface area (Å²) in [6, 6.07) is 12.0. The molecule has 0 saturated carbocycles. The number of rotatable bonds is 14. The molecule has 0 bridgehead atoms. The van der Waals surface area contributed by atoms with Crippen molar-refractivity contribution in [2.75, 3.05) is 6.61 Å². The molecule has 0 aliphatic heterocycles. The molecule has 0 fully saturated rings. The summed E-state index contributed by atoms with van der Waals surface area (Å²) in [7, 11) is 0. The lowest BCUT2D eigenvalue weighted by Gasteiger charge is -2.28. The van der Waals surface area contributed by atoms with Crippen LogP contribution in [0.3, 0.4) is 0 Å². The molecule has 5 atom stereocenters. The predicted octanol–water partition coefficient (Wildman–Crippen LogP) is 7.90. The normalized spacial score (nSPS) is 15.4. The number of esters is 1. The van der Waals surface area contributed by atoms with Crippen LogP contribution in [0.2, 0.25) is 10.0 Å². The Morgan fingerprint density at radius 3 is 2.37 bits per heavy atom. The van der Waals surface area contributed by atoms with E-state index in [1.165, 1.54) is 0 Å². The summed E-state index contributed by atoms with van der Waals surface area (Å²) in [6.45, 7) is 13.9. The molecule has 0 radical (unpaired) electrons. The first kappa shape index (κ1) is 43.8. The van der Waals surface area contributed by atoms with Gasteiger partial charge < -0.3 is 34.8 Å². The molecule has 2 aromatic heterocycles. The molecular formula is C39H52Cl2N6O7. The van der Waals surface area contributed by atoms with Crippen LogP contribution in [0.1, 0.15) is 107 Å². The summed E-state index contributed by atoms with van der Waals surface area (Å²) in [5, 5.41) is 18.1. The molecule has 4 N–H and O–H groups in total. The number of amides is 3. The van der Waals surface area contributed by atoms with Crippen molar-refractivity contribution < 1.29 is 33.1 Å². The minimum Gasteiger partial charge on any atom is -0.459 e. The summed E-state index contributed by atoms with van der Waals surface area (Å²) in [4.78, 5) is 51.0. The number of benzene rings is 2. The second-order valence-corrected chi connectivity index (χ2v) is 13.6. The summed E-state index contributed by atoms with van der Waals surface area (Å²) in [5.41, 5.74) is 4.03. The fourth-order valence-corrected chi connectivity index (χ4v) is 6.41. The van der Waals surface area contributed by atoms with E-state index in [1.807, 2.05) is 77.9 Å². The molecule has 1 aliphatic rings. The zero-order valence-electron chi connectivity index (χ0n) is 32.0. The van der Waals surface area contributed by atoms with Crippen LogP contribution in [0.15, 0.2) is 46.9 Å². The molecule has 5 rings (SSSR count). The van der Waals surface area contributed by atoms with Gasteiger partial charge in [0.25, 0.3) is 0 Å². The minimum atomic E-state index is -0.679. The molecule has 2 heterocycles. The Kier molecular flexibility index (Phi) is 17.8. The molecule has 54 heavy (non-hydrogen) atoms. The second kappa shape index (κ2) is 21.9. The highest BCUT2D eigenvalue weighted by molar-refractivity contribution is 6.38. The highest BCUT2D eigenvalue weighted by atomic mass is 35.5. The molecule has 3 amide bonds. The van der Waals surface area contributed by atoms with E-state index in [9.17, 15) is 19.2 Å². The number of alkyl carbamates (subject to hydrolysis) is 1. The van der Waals surface area contributed by atoms with Crippen molar-refractivity contribution in [3.8, 4) is 0 Å². The van der Waals surface area contributed by atoms with Crippen molar-refractivity contribution in [1.82, 2.24) is 31.1 Å². The lowest BCUT2D eigenvalue weighted by molar-refractivity contribution is -0.125. The van der Waals surface area contributed by atoms with Gasteiger partial charge >= 0.3 is 18.0 Å². The van der Waals surface area contributed by atoms with Gasteiger partial charge in [-0.2, -0.15) is 0 Å². The van der Waals surface area contributed by atoms with Gasteiger partial charge in [-0.05, 0) is 61.3 Å². The summed E-state index contributed by atoms with van der Waals surface area (Å²) >= 11 is 12.6. The number of carbonyl (C=O) groups is 4. The maximum Gasteiger partial charge on any atom is 0.408 e. The zero-order valence-corrected chi connectivity index (χ0v) is 33.5. The number of halogens is 2. The van der Waals surface area contributed by atoms with Crippen LogP contribution in [-0.2, 0) is 38.5 Å². The van der Waals surface area contributed by atoms with Gasteiger partial charge in [-0.15, -0.1) is 10.2 Å². The molecule has 15 heteroatoms. The third kappa shape index (κ3) is 11.9. The SMILES string of the molecule is CC.CCC(C)[C@H](NC(=O)OCc1ccccc1)C(=O)NC1CCc2[nH]c3c(Cl)cc(Cl)cc3c2C1.CCOC(=O)c1nnc([C@@H](NC=O)C(C)CC)o1. The maximum absolute atomic E-state index is 13.2. The number of aryl methyl sites for hydroxylation is 1. The van der Waals surface area contributed by atoms with Gasteiger partial charge in [-0.1, -0.05) is 108 Å². The zero-order chi connectivity index (χ0) is 39.8. The van der Waals surface area contributed by atoms with Crippen LogP contribution in [0.5, 0.6) is 0 Å². The number of fused-ring (bicyclic) bond motifs is 3. The molecule has 0 saturated heterocycles. The van der Waals surface area contributed by atoms with Gasteiger partial charge in [0.05, 0.1) is 17.1 Å². The van der Waals surface area contributed by atoms with Crippen LogP contribution in [0.4, 0.5) is 4.79 Å². The molecule has 294 valence electrons. The number of hydrogen-bond acceptors (Lipinski definition) is 9. The number of H-pyrrole nitrogens is 1. The number of nitrogens with one attached hydrogen (secondary N) is 4. The minimum absolute atomic E-state index is 0.0471. The molecule has 2 aromatic carbocycles. The van der Waals surface area contributed by atoms with Crippen LogP contribution in [0.25, 0.3) is 10.9 Å². The number of hydrogen-bond donors (Lipinski definition) is 4. The lowest BCUT2D eigenvalue weighted by atomic mass is 9.90. The van der Waals surface area contributed by atoms with E-state index in [2.05, 4.69) is 31.1 Å². The van der Waals surface area contributed by atoms with Gasteiger partial charge in [0.2, 0.25) is 18.2 Å². The van der Waals surface area contributed by atoms with Crippen molar-refractivity contribution in [2.45, 2.75) is 105 Å². The number of carbonyl (C=O) groups excluding carboxylic acids is 4. The van der Waals surface area contributed by atoms with Crippen LogP contribution in [-0.4, -0.2) is 58.3 Å². The van der Waals surface area contributed by atoms with Gasteiger partial charge in [-0.3, -0.25) is 9.59 Å². The molecule has 13 nitrogen and oxygen atoms in total. The Morgan fingerprint density at radius 1 is 1.02 bits per heavy atom. The second-order valence-electron chi connectivity index (χ2n) is 12.7. The summed E-state index contributed by atoms with van der Waals surface area (Å²) in [5.74, 6) is -0.784. The Bertz CT molecular complexity index is 1820. The first-order valence-electron chi connectivity index (χ1n) is 18.5. The Balaban J connectivity index is 0.000000332. The molecule has 4 aromatic rings. The first-order valence-corrected chi connectivity index (χ1v) is 19.2. The molecule has 3 unspecified atom stereocenters. The van der Waals surface area contributed by atoms with E-state index in [1.54, 1.807) is 13.0 Å². The fraction of sp³-hybridized carbons (Fsp3) is 0.487. The highest BCUT2D eigenvalue weighted by Gasteiger charge is 2.31. The average molecular weight is 788 g/mol. The molecular weight excluding hydrogens is 735 g/mol. The topological polar surface area (TPSA) is 178 Å². The molecule has 0 spiro atoms. The smallest absolute Gasteiger partial charge is 0.408 e. The van der Waals surface area contributed by atoms with Crippen LogP contribution < -0.4 is 16.0 Å². The van der Waals surface area contributed by atoms with Crippen molar-refractivity contribution in [3.63, 3.8) is 0 Å².